The summed E-state index contributed by atoms with van der Waals surface area (Å²) in [6.07, 6.45) is 2.26. The molecule has 3 rings (SSSR count). The van der Waals surface area contributed by atoms with Crippen LogP contribution in [0.5, 0.6) is 5.75 Å². The highest BCUT2D eigenvalue weighted by molar-refractivity contribution is 7.98. The molecule has 10 heteroatoms. The summed E-state index contributed by atoms with van der Waals surface area (Å²) in [6.45, 7) is 0. The number of halogens is 3. The fourth-order valence-corrected chi connectivity index (χ4v) is 3.25. The molecule has 3 N–H and O–H groups in total. The Hall–Kier alpha value is -3.11. The lowest BCUT2D eigenvalue weighted by Crippen LogP contribution is -2.13. The first-order valence-electron chi connectivity index (χ1n) is 8.20. The maximum absolute atomic E-state index is 14.2. The van der Waals surface area contributed by atoms with Crippen LogP contribution in [0, 0.1) is 17.5 Å². The van der Waals surface area contributed by atoms with Gasteiger partial charge in [-0.2, -0.15) is 0 Å². The van der Waals surface area contributed by atoms with Gasteiger partial charge in [0, 0.05) is 44.7 Å². The largest absolute Gasteiger partial charge is 0.497 e. The average Bonchev–Trinajstić information content (AvgIpc) is 2.62. The second kappa shape index (κ2) is 8.10. The second-order valence-corrected chi connectivity index (χ2v) is 8.39. The number of ether oxygens (including phenoxy) is 1. The van der Waals surface area contributed by atoms with Gasteiger partial charge < -0.3 is 10.1 Å². The summed E-state index contributed by atoms with van der Waals surface area (Å²) in [5.74, 6) is -2.19. The number of hydrogen-bond acceptors (Lipinski definition) is 5. The van der Waals surface area contributed by atoms with E-state index in [0.29, 0.717) is 23.1 Å². The number of nitrogens with zero attached hydrogens (tertiary/aromatic N) is 2. The van der Waals surface area contributed by atoms with Crippen molar-refractivity contribution < 1.29 is 22.1 Å². The van der Waals surface area contributed by atoms with Gasteiger partial charge in [0.25, 0.3) is 0 Å². The van der Waals surface area contributed by atoms with E-state index in [1.165, 1.54) is 18.7 Å². The first-order valence-corrected chi connectivity index (χ1v) is 10.3. The molecule has 0 aliphatic carbocycles. The molecular weight excluding hydrogens is 405 g/mol. The standard InChI is InChI=1S/C19H17F3N4O2S/c1-28-14-6-11(10-29(2,23)27)5-13(8-14)25-19-24-9-17(22)18(26-19)15-4-3-12(20)7-16(15)21/h3-10H,1-2H3,(H2,23,27)(H,24,25,26). The van der Waals surface area contributed by atoms with Crippen molar-refractivity contribution in [3.8, 4) is 17.0 Å². The molecule has 1 heterocycles. The first-order chi connectivity index (χ1) is 13.6. The summed E-state index contributed by atoms with van der Waals surface area (Å²) >= 11 is 0. The van der Waals surface area contributed by atoms with E-state index in [0.717, 1.165) is 18.3 Å². The maximum Gasteiger partial charge on any atom is 0.227 e. The molecule has 3 aromatic rings. The van der Waals surface area contributed by atoms with E-state index in [1.54, 1.807) is 18.2 Å². The highest BCUT2D eigenvalue weighted by Gasteiger charge is 2.15. The molecule has 1 aromatic heterocycles. The van der Waals surface area contributed by atoms with Gasteiger partial charge in [0.1, 0.15) is 23.1 Å². The van der Waals surface area contributed by atoms with E-state index in [4.69, 9.17) is 9.88 Å². The van der Waals surface area contributed by atoms with Gasteiger partial charge in [-0.3, -0.25) is 9.35 Å². The van der Waals surface area contributed by atoms with E-state index in [-0.39, 0.29) is 17.2 Å². The smallest absolute Gasteiger partial charge is 0.227 e. The van der Waals surface area contributed by atoms with Crippen molar-refractivity contribution in [2.45, 2.75) is 0 Å². The summed E-state index contributed by atoms with van der Waals surface area (Å²) in [5.41, 5.74) is 0.432. The molecule has 0 aliphatic heterocycles. The summed E-state index contributed by atoms with van der Waals surface area (Å²) in [6, 6.07) is 7.60. The third-order valence-electron chi connectivity index (χ3n) is 3.72. The SMILES string of the molecule is COc1cc(C=S(C)(N)=O)cc(Nc2ncc(F)c(-c3ccc(F)cc3F)n2)c1. The first kappa shape index (κ1) is 20.6. The van der Waals surface area contributed by atoms with Gasteiger partial charge in [0.15, 0.2) is 5.82 Å². The van der Waals surface area contributed by atoms with Gasteiger partial charge in [-0.25, -0.2) is 23.1 Å². The minimum absolute atomic E-state index is 0.0330. The summed E-state index contributed by atoms with van der Waals surface area (Å²) in [7, 11) is -1.20. The molecule has 152 valence electrons. The number of anilines is 2. The Labute approximate surface area is 165 Å². The zero-order valence-corrected chi connectivity index (χ0v) is 16.3. The molecule has 0 aliphatic rings. The molecule has 0 saturated heterocycles. The van der Waals surface area contributed by atoms with Crippen LogP contribution in [0.4, 0.5) is 24.8 Å². The number of nitrogens with one attached hydrogen (secondary N) is 1. The Bertz CT molecular complexity index is 1190. The summed E-state index contributed by atoms with van der Waals surface area (Å²) < 4.78 is 58.4. The Morgan fingerprint density at radius 2 is 1.90 bits per heavy atom. The fourth-order valence-electron chi connectivity index (χ4n) is 2.58. The van der Waals surface area contributed by atoms with Crippen LogP contribution in [0.1, 0.15) is 5.56 Å². The third kappa shape index (κ3) is 5.24. The lowest BCUT2D eigenvalue weighted by Gasteiger charge is -2.11. The number of nitrogens with two attached hydrogens (primary N) is 1. The van der Waals surface area contributed by atoms with E-state index >= 15 is 0 Å². The minimum Gasteiger partial charge on any atom is -0.497 e. The molecule has 0 radical (unpaired) electrons. The van der Waals surface area contributed by atoms with Crippen LogP contribution in [-0.2, 0) is 9.71 Å². The van der Waals surface area contributed by atoms with Crippen molar-refractivity contribution in [2.24, 2.45) is 5.14 Å². The predicted molar refractivity (Wildman–Crippen MR) is 107 cm³/mol. The number of aromatic nitrogens is 2. The average molecular weight is 422 g/mol. The lowest BCUT2D eigenvalue weighted by atomic mass is 10.1. The molecule has 29 heavy (non-hydrogen) atoms. The van der Waals surface area contributed by atoms with Crippen molar-refractivity contribution in [1.82, 2.24) is 9.97 Å². The van der Waals surface area contributed by atoms with Crippen LogP contribution in [0.25, 0.3) is 11.3 Å². The minimum atomic E-state index is -2.66. The van der Waals surface area contributed by atoms with Crippen LogP contribution < -0.4 is 15.2 Å². The Kier molecular flexibility index (Phi) is 5.76. The monoisotopic (exact) mass is 422 g/mol. The summed E-state index contributed by atoms with van der Waals surface area (Å²) in [5, 5.41) is 9.80. The molecule has 0 fully saturated rings. The van der Waals surface area contributed by atoms with Gasteiger partial charge in [-0.05, 0) is 29.8 Å². The molecule has 0 spiro atoms. The van der Waals surface area contributed by atoms with Gasteiger partial charge >= 0.3 is 0 Å². The van der Waals surface area contributed by atoms with Crippen molar-refractivity contribution in [1.29, 1.82) is 0 Å². The topological polar surface area (TPSA) is 90.1 Å². The van der Waals surface area contributed by atoms with Crippen molar-refractivity contribution in [2.75, 3.05) is 18.7 Å². The molecule has 6 nitrogen and oxygen atoms in total. The normalized spacial score (nSPS) is 12.9. The number of rotatable bonds is 5. The van der Waals surface area contributed by atoms with Gasteiger partial charge in [0.2, 0.25) is 5.95 Å². The lowest BCUT2D eigenvalue weighted by molar-refractivity contribution is 0.415. The Morgan fingerprint density at radius 3 is 2.55 bits per heavy atom. The zero-order valence-electron chi connectivity index (χ0n) is 15.4. The summed E-state index contributed by atoms with van der Waals surface area (Å²) in [4.78, 5) is 7.84. The second-order valence-electron chi connectivity index (χ2n) is 6.22. The predicted octanol–water partition coefficient (Wildman–Crippen LogP) is 3.25. The van der Waals surface area contributed by atoms with Crippen molar-refractivity contribution in [3.63, 3.8) is 0 Å². The Balaban J connectivity index is 2.01. The highest BCUT2D eigenvalue weighted by Crippen LogP contribution is 2.27. The molecule has 0 amide bonds. The van der Waals surface area contributed by atoms with Crippen LogP contribution in [0.2, 0.25) is 0 Å². The van der Waals surface area contributed by atoms with Crippen molar-refractivity contribution >= 4 is 26.7 Å². The molecule has 1 atom stereocenters. The highest BCUT2D eigenvalue weighted by atomic mass is 32.2. The van der Waals surface area contributed by atoms with Gasteiger partial charge in [-0.1, -0.05) is 0 Å². The van der Waals surface area contributed by atoms with Crippen LogP contribution in [0.3, 0.4) is 0 Å². The van der Waals surface area contributed by atoms with Crippen molar-refractivity contribution in [3.05, 3.63) is 65.6 Å². The molecule has 0 saturated carbocycles. The van der Waals surface area contributed by atoms with E-state index < -0.39 is 27.2 Å². The van der Waals surface area contributed by atoms with Gasteiger partial charge in [0.05, 0.1) is 13.3 Å². The number of benzene rings is 2. The molecular formula is C19H17F3N4O2S. The number of methoxy groups -OCH3 is 1. The van der Waals surface area contributed by atoms with Crippen LogP contribution >= 0.6 is 0 Å². The third-order valence-corrected chi connectivity index (χ3v) is 4.46. The van der Waals surface area contributed by atoms with E-state index in [2.05, 4.69) is 15.3 Å². The Morgan fingerprint density at radius 1 is 1.14 bits per heavy atom. The molecule has 1 unspecified atom stereocenters. The number of hydrogen-bond donors (Lipinski definition) is 2. The quantitative estimate of drug-likeness (QED) is 0.616. The fraction of sp³-hybridized carbons (Fsp3) is 0.105. The maximum atomic E-state index is 14.2. The van der Waals surface area contributed by atoms with E-state index in [1.807, 2.05) is 0 Å². The molecule has 0 bridgehead atoms. The van der Waals surface area contributed by atoms with E-state index in [9.17, 15) is 17.4 Å². The zero-order chi connectivity index (χ0) is 21.2. The van der Waals surface area contributed by atoms with Crippen LogP contribution in [-0.4, -0.2) is 32.9 Å². The molecule has 2 aromatic carbocycles. The van der Waals surface area contributed by atoms with Crippen LogP contribution in [0.15, 0.2) is 42.6 Å². The van der Waals surface area contributed by atoms with Gasteiger partial charge in [-0.15, -0.1) is 0 Å².